The van der Waals surface area contributed by atoms with Crippen LogP contribution in [0.25, 0.3) is 0 Å². The van der Waals surface area contributed by atoms with Crippen LogP contribution in [0.2, 0.25) is 0 Å². The number of nitrogens with zero attached hydrogens (tertiary/aromatic N) is 1. The molecule has 24 heavy (non-hydrogen) atoms. The average molecular weight is 394 g/mol. The minimum Gasteiger partial charge on any atom is -0.507 e. The molecule has 124 valence electrons. The first-order valence-electron chi connectivity index (χ1n) is 6.78. The zero-order valence-corrected chi connectivity index (χ0v) is 13.8. The van der Waals surface area contributed by atoms with Gasteiger partial charge in [0.25, 0.3) is 5.69 Å². The topological polar surface area (TPSA) is 118 Å². The number of halogens is 1. The lowest BCUT2D eigenvalue weighted by Gasteiger charge is -2.15. The highest BCUT2D eigenvalue weighted by atomic mass is 79.9. The molecule has 0 saturated heterocycles. The quantitative estimate of drug-likeness (QED) is 0.440. The largest absolute Gasteiger partial charge is 0.507 e. The van der Waals surface area contributed by atoms with Crippen LogP contribution in [0.5, 0.6) is 5.75 Å². The number of benzene rings is 2. The second-order valence-corrected chi connectivity index (χ2v) is 5.94. The molecule has 0 spiro atoms. The third kappa shape index (κ3) is 3.96. The van der Waals surface area contributed by atoms with Gasteiger partial charge in [-0.05, 0) is 23.8 Å². The van der Waals surface area contributed by atoms with E-state index in [-0.39, 0.29) is 17.0 Å². The SMILES string of the molecule is O=C(O)CC(C(=O)c1cc(Br)ccc1O)c1ccc([N+](=O)[O-])cc1. The summed E-state index contributed by atoms with van der Waals surface area (Å²) in [5.41, 5.74) is 0.145. The number of nitro benzene ring substituents is 1. The molecule has 7 nitrogen and oxygen atoms in total. The van der Waals surface area contributed by atoms with Crippen LogP contribution in [-0.4, -0.2) is 26.9 Å². The van der Waals surface area contributed by atoms with E-state index in [1.807, 2.05) is 0 Å². The second-order valence-electron chi connectivity index (χ2n) is 5.02. The second kappa shape index (κ2) is 7.22. The van der Waals surface area contributed by atoms with E-state index in [0.29, 0.717) is 10.0 Å². The Labute approximate surface area is 144 Å². The molecule has 0 aliphatic carbocycles. The first kappa shape index (κ1) is 17.6. The number of phenols is 1. The van der Waals surface area contributed by atoms with Crippen molar-refractivity contribution in [3.63, 3.8) is 0 Å². The minimum atomic E-state index is -1.19. The van der Waals surface area contributed by atoms with Crippen LogP contribution >= 0.6 is 15.9 Å². The number of carboxylic acid groups (broad SMARTS) is 1. The van der Waals surface area contributed by atoms with Gasteiger partial charge in [0, 0.05) is 16.6 Å². The van der Waals surface area contributed by atoms with E-state index in [1.165, 1.54) is 36.4 Å². The van der Waals surface area contributed by atoms with Crippen molar-refractivity contribution >= 4 is 33.4 Å². The molecule has 0 aromatic heterocycles. The Balaban J connectivity index is 2.44. The summed E-state index contributed by atoms with van der Waals surface area (Å²) < 4.78 is 0.557. The predicted octanol–water partition coefficient (Wildman–Crippen LogP) is 3.50. The van der Waals surface area contributed by atoms with Crippen LogP contribution in [0.1, 0.15) is 28.3 Å². The Hall–Kier alpha value is -2.74. The summed E-state index contributed by atoms with van der Waals surface area (Å²) in [5.74, 6) is -3.10. The number of carbonyl (C=O) groups is 2. The van der Waals surface area contributed by atoms with Crippen LogP contribution in [-0.2, 0) is 4.79 Å². The van der Waals surface area contributed by atoms with E-state index in [9.17, 15) is 24.8 Å². The number of ketones is 1. The smallest absolute Gasteiger partial charge is 0.304 e. The molecule has 0 fully saturated rings. The summed E-state index contributed by atoms with van der Waals surface area (Å²) in [7, 11) is 0. The number of nitro groups is 1. The highest BCUT2D eigenvalue weighted by molar-refractivity contribution is 9.10. The molecule has 2 aromatic carbocycles. The number of Topliss-reactive ketones (excluding diaryl/α,β-unsaturated/α-hetero) is 1. The van der Waals surface area contributed by atoms with Crippen LogP contribution < -0.4 is 0 Å². The zero-order chi connectivity index (χ0) is 17.9. The van der Waals surface area contributed by atoms with E-state index in [2.05, 4.69) is 15.9 Å². The Kier molecular flexibility index (Phi) is 5.30. The van der Waals surface area contributed by atoms with Gasteiger partial charge in [-0.25, -0.2) is 0 Å². The van der Waals surface area contributed by atoms with Crippen LogP contribution in [0, 0.1) is 10.1 Å². The van der Waals surface area contributed by atoms with Crippen molar-refractivity contribution in [3.8, 4) is 5.75 Å². The van der Waals surface area contributed by atoms with Gasteiger partial charge < -0.3 is 10.2 Å². The lowest BCUT2D eigenvalue weighted by molar-refractivity contribution is -0.384. The molecular formula is C16H12BrNO6. The molecule has 0 radical (unpaired) electrons. The van der Waals surface area contributed by atoms with Crippen molar-refractivity contribution in [3.05, 3.63) is 68.2 Å². The summed E-state index contributed by atoms with van der Waals surface area (Å²) in [6.07, 6.45) is -0.497. The van der Waals surface area contributed by atoms with E-state index >= 15 is 0 Å². The maximum absolute atomic E-state index is 12.7. The van der Waals surface area contributed by atoms with Crippen molar-refractivity contribution in [2.75, 3.05) is 0 Å². The molecule has 1 unspecified atom stereocenters. The fraction of sp³-hybridized carbons (Fsp3) is 0.125. The standard InChI is InChI=1S/C16H12BrNO6/c17-10-3-6-14(19)13(7-10)16(22)12(8-15(20)21)9-1-4-11(5-2-9)18(23)24/h1-7,12,19H,8H2,(H,20,21). The highest BCUT2D eigenvalue weighted by Gasteiger charge is 2.27. The van der Waals surface area contributed by atoms with E-state index in [1.54, 1.807) is 6.07 Å². The fourth-order valence-corrected chi connectivity index (χ4v) is 2.62. The monoisotopic (exact) mass is 393 g/mol. The highest BCUT2D eigenvalue weighted by Crippen LogP contribution is 2.31. The van der Waals surface area contributed by atoms with Crippen molar-refractivity contribution < 1.29 is 24.7 Å². The van der Waals surface area contributed by atoms with Crippen LogP contribution in [0.15, 0.2) is 46.9 Å². The molecule has 0 amide bonds. The van der Waals surface area contributed by atoms with E-state index in [0.717, 1.165) is 0 Å². The van der Waals surface area contributed by atoms with Crippen LogP contribution in [0.4, 0.5) is 5.69 Å². The van der Waals surface area contributed by atoms with Gasteiger partial charge in [-0.3, -0.25) is 19.7 Å². The number of hydrogen-bond donors (Lipinski definition) is 2. The van der Waals surface area contributed by atoms with Crippen molar-refractivity contribution in [2.24, 2.45) is 0 Å². The molecule has 8 heteroatoms. The summed E-state index contributed by atoms with van der Waals surface area (Å²) in [5, 5.41) is 29.7. The van der Waals surface area contributed by atoms with Gasteiger partial charge in [-0.2, -0.15) is 0 Å². The third-order valence-corrected chi connectivity index (χ3v) is 3.92. The first-order chi connectivity index (χ1) is 11.3. The Morgan fingerprint density at radius 2 is 1.79 bits per heavy atom. The van der Waals surface area contributed by atoms with Crippen LogP contribution in [0.3, 0.4) is 0 Å². The average Bonchev–Trinajstić information content (AvgIpc) is 2.54. The molecule has 0 saturated carbocycles. The maximum Gasteiger partial charge on any atom is 0.304 e. The van der Waals surface area contributed by atoms with Gasteiger partial charge >= 0.3 is 5.97 Å². The Bertz CT molecular complexity index is 803. The zero-order valence-electron chi connectivity index (χ0n) is 12.2. The van der Waals surface area contributed by atoms with Crippen molar-refractivity contribution in [1.82, 2.24) is 0 Å². The normalized spacial score (nSPS) is 11.7. The summed E-state index contributed by atoms with van der Waals surface area (Å²) in [6.45, 7) is 0. The molecule has 0 aliphatic heterocycles. The molecule has 2 N–H and O–H groups in total. The van der Waals surface area contributed by atoms with Crippen molar-refractivity contribution in [2.45, 2.75) is 12.3 Å². The minimum absolute atomic E-state index is 0.0195. The van der Waals surface area contributed by atoms with Gasteiger partial charge in [0.1, 0.15) is 5.75 Å². The molecule has 0 aliphatic rings. The number of non-ortho nitro benzene ring substituents is 1. The maximum atomic E-state index is 12.7. The van der Waals surface area contributed by atoms with E-state index < -0.39 is 29.0 Å². The number of carboxylic acids is 1. The van der Waals surface area contributed by atoms with Crippen molar-refractivity contribution in [1.29, 1.82) is 0 Å². The molecule has 0 heterocycles. The molecule has 0 bridgehead atoms. The molecule has 2 rings (SSSR count). The number of aromatic hydroxyl groups is 1. The number of hydrogen-bond acceptors (Lipinski definition) is 5. The summed E-state index contributed by atoms with van der Waals surface area (Å²) in [4.78, 5) is 33.9. The van der Waals surface area contributed by atoms with Gasteiger partial charge in [0.15, 0.2) is 5.78 Å². The first-order valence-corrected chi connectivity index (χ1v) is 7.57. The predicted molar refractivity (Wildman–Crippen MR) is 88.2 cm³/mol. The van der Waals surface area contributed by atoms with Gasteiger partial charge in [-0.1, -0.05) is 28.1 Å². The van der Waals surface area contributed by atoms with Gasteiger partial charge in [0.05, 0.1) is 22.8 Å². The summed E-state index contributed by atoms with van der Waals surface area (Å²) in [6, 6.07) is 9.38. The fourth-order valence-electron chi connectivity index (χ4n) is 2.26. The number of aliphatic carboxylic acids is 1. The Morgan fingerprint density at radius 1 is 1.17 bits per heavy atom. The number of carbonyl (C=O) groups excluding carboxylic acids is 1. The molecular weight excluding hydrogens is 382 g/mol. The lowest BCUT2D eigenvalue weighted by atomic mass is 9.87. The Morgan fingerprint density at radius 3 is 2.33 bits per heavy atom. The number of rotatable bonds is 6. The van der Waals surface area contributed by atoms with Gasteiger partial charge in [-0.15, -0.1) is 0 Å². The van der Waals surface area contributed by atoms with E-state index in [4.69, 9.17) is 5.11 Å². The molecule has 2 aromatic rings. The number of phenolic OH excluding ortho intramolecular Hbond substituents is 1. The lowest BCUT2D eigenvalue weighted by Crippen LogP contribution is -2.17. The molecule has 1 atom stereocenters. The summed E-state index contributed by atoms with van der Waals surface area (Å²) >= 11 is 3.19. The van der Waals surface area contributed by atoms with Gasteiger partial charge in [0.2, 0.25) is 0 Å². The third-order valence-electron chi connectivity index (χ3n) is 3.43.